The molecule has 1 fully saturated rings. The van der Waals surface area contributed by atoms with Crippen LogP contribution in [0.15, 0.2) is 72.1 Å². The van der Waals surface area contributed by atoms with Gasteiger partial charge >= 0.3 is 0 Å². The summed E-state index contributed by atoms with van der Waals surface area (Å²) in [4.78, 5) is 44.7. The van der Waals surface area contributed by atoms with Crippen LogP contribution in [0, 0.1) is 0 Å². The third kappa shape index (κ3) is 6.39. The SMILES string of the molecule is COc1ccc(C(=O)CCC(=O)N2CCC(c3nc(C(=O)NC(C)c4ccc5ccccc5c4)cs3)CC2)cc1. The molecule has 8 heteroatoms. The number of nitrogens with zero attached hydrogens (tertiary/aromatic N) is 2. The van der Waals surface area contributed by atoms with Crippen molar-refractivity contribution in [3.8, 4) is 5.75 Å². The molecule has 0 saturated carbocycles. The van der Waals surface area contributed by atoms with Gasteiger partial charge in [-0.2, -0.15) is 0 Å². The lowest BCUT2D eigenvalue weighted by molar-refractivity contribution is -0.132. The van der Waals surface area contributed by atoms with Crippen molar-refractivity contribution in [3.05, 3.63) is 93.9 Å². The fraction of sp³-hybridized carbons (Fsp3) is 0.312. The van der Waals surface area contributed by atoms with Gasteiger partial charge in [-0.15, -0.1) is 11.3 Å². The van der Waals surface area contributed by atoms with Crippen molar-refractivity contribution in [3.63, 3.8) is 0 Å². The molecule has 1 aromatic heterocycles. The Morgan fingerprint density at radius 3 is 2.45 bits per heavy atom. The van der Waals surface area contributed by atoms with Gasteiger partial charge in [-0.05, 0) is 66.4 Å². The van der Waals surface area contributed by atoms with Gasteiger partial charge < -0.3 is 15.0 Å². The van der Waals surface area contributed by atoms with E-state index in [0.717, 1.165) is 28.8 Å². The van der Waals surface area contributed by atoms with E-state index in [-0.39, 0.29) is 42.4 Å². The van der Waals surface area contributed by atoms with E-state index in [1.165, 1.54) is 16.7 Å². The van der Waals surface area contributed by atoms with Crippen molar-refractivity contribution in [2.24, 2.45) is 0 Å². The maximum atomic E-state index is 12.9. The molecule has 0 radical (unpaired) electrons. The lowest BCUT2D eigenvalue weighted by atomic mass is 9.97. The van der Waals surface area contributed by atoms with Crippen LogP contribution in [0.5, 0.6) is 5.75 Å². The van der Waals surface area contributed by atoms with E-state index in [9.17, 15) is 14.4 Å². The van der Waals surface area contributed by atoms with Gasteiger partial charge in [0.15, 0.2) is 5.78 Å². The van der Waals surface area contributed by atoms with Gasteiger partial charge in [-0.25, -0.2) is 4.98 Å². The van der Waals surface area contributed by atoms with Gasteiger partial charge in [-0.1, -0.05) is 36.4 Å². The first kappa shape index (κ1) is 27.5. The number of aromatic nitrogens is 1. The number of benzene rings is 3. The Kier molecular flexibility index (Phi) is 8.55. The standard InChI is InChI=1S/C32H33N3O4S/c1-21(25-8-7-22-5-3-4-6-26(22)19-25)33-31(38)28-20-40-32(34-28)24-15-17-35(18-16-24)30(37)14-13-29(36)23-9-11-27(39-2)12-10-23/h3-12,19-21,24H,13-18H2,1-2H3,(H,33,38). The second-order valence-corrected chi connectivity index (χ2v) is 11.1. The molecule has 7 nitrogen and oxygen atoms in total. The monoisotopic (exact) mass is 555 g/mol. The number of carbonyl (C=O) groups excluding carboxylic acids is 3. The zero-order chi connectivity index (χ0) is 28.1. The Bertz CT molecular complexity index is 1510. The molecule has 1 atom stereocenters. The van der Waals surface area contributed by atoms with Crippen LogP contribution in [-0.2, 0) is 4.79 Å². The Labute approximate surface area is 238 Å². The summed E-state index contributed by atoms with van der Waals surface area (Å²) in [6.45, 7) is 3.23. The molecule has 1 aliphatic rings. The van der Waals surface area contributed by atoms with Crippen LogP contribution >= 0.6 is 11.3 Å². The number of hydrogen-bond donors (Lipinski definition) is 1. The molecule has 206 valence electrons. The summed E-state index contributed by atoms with van der Waals surface area (Å²) < 4.78 is 5.13. The molecule has 5 rings (SSSR count). The van der Waals surface area contributed by atoms with Crippen LogP contribution in [0.3, 0.4) is 0 Å². The molecule has 1 saturated heterocycles. The molecule has 0 spiro atoms. The van der Waals surface area contributed by atoms with Crippen molar-refractivity contribution < 1.29 is 19.1 Å². The highest BCUT2D eigenvalue weighted by Crippen LogP contribution is 2.31. The average Bonchev–Trinajstić information content (AvgIpc) is 3.50. The fourth-order valence-electron chi connectivity index (χ4n) is 5.09. The zero-order valence-corrected chi connectivity index (χ0v) is 23.6. The predicted molar refractivity (Wildman–Crippen MR) is 157 cm³/mol. The van der Waals surface area contributed by atoms with E-state index < -0.39 is 0 Å². The fourth-order valence-corrected chi connectivity index (χ4v) is 6.06. The number of likely N-dealkylation sites (tertiary alicyclic amines) is 1. The van der Waals surface area contributed by atoms with Gasteiger partial charge in [0, 0.05) is 42.8 Å². The normalized spacial score (nSPS) is 14.6. The molecule has 1 aliphatic heterocycles. The molecular weight excluding hydrogens is 522 g/mol. The third-order valence-corrected chi connectivity index (χ3v) is 8.56. The number of hydrogen-bond acceptors (Lipinski definition) is 6. The summed E-state index contributed by atoms with van der Waals surface area (Å²) >= 11 is 1.50. The molecule has 1 unspecified atom stereocenters. The number of ketones is 1. The number of nitrogens with one attached hydrogen (secondary N) is 1. The smallest absolute Gasteiger partial charge is 0.271 e. The van der Waals surface area contributed by atoms with Crippen LogP contribution in [0.2, 0.25) is 0 Å². The number of amides is 2. The van der Waals surface area contributed by atoms with Crippen LogP contribution < -0.4 is 10.1 Å². The third-order valence-electron chi connectivity index (χ3n) is 7.55. The van der Waals surface area contributed by atoms with Gasteiger partial charge in [0.2, 0.25) is 5.91 Å². The Morgan fingerprint density at radius 2 is 1.73 bits per heavy atom. The van der Waals surface area contributed by atoms with Crippen LogP contribution in [0.4, 0.5) is 0 Å². The lowest BCUT2D eigenvalue weighted by Crippen LogP contribution is -2.38. The van der Waals surface area contributed by atoms with Crippen molar-refractivity contribution in [1.82, 2.24) is 15.2 Å². The summed E-state index contributed by atoms with van der Waals surface area (Å²) in [6.07, 6.45) is 1.97. The summed E-state index contributed by atoms with van der Waals surface area (Å²) in [5, 5.41) is 8.14. The van der Waals surface area contributed by atoms with E-state index in [1.807, 2.05) is 35.4 Å². The molecule has 2 heterocycles. The summed E-state index contributed by atoms with van der Waals surface area (Å²) in [5.74, 6) is 0.683. The lowest BCUT2D eigenvalue weighted by Gasteiger charge is -2.31. The minimum absolute atomic E-state index is 0.00203. The molecule has 3 aromatic carbocycles. The Hall–Kier alpha value is -4.04. The van der Waals surface area contributed by atoms with Crippen LogP contribution in [0.1, 0.15) is 76.0 Å². The van der Waals surface area contributed by atoms with Crippen molar-refractivity contribution >= 4 is 39.7 Å². The maximum absolute atomic E-state index is 12.9. The predicted octanol–water partition coefficient (Wildman–Crippen LogP) is 6.17. The van der Waals surface area contributed by atoms with Gasteiger partial charge in [0.05, 0.1) is 18.2 Å². The first-order valence-corrected chi connectivity index (χ1v) is 14.5. The highest BCUT2D eigenvalue weighted by molar-refractivity contribution is 7.09. The first-order chi connectivity index (χ1) is 19.4. The molecule has 0 bridgehead atoms. The second kappa shape index (κ2) is 12.4. The number of methoxy groups -OCH3 is 1. The topological polar surface area (TPSA) is 88.6 Å². The molecule has 2 amide bonds. The number of thiazole rings is 1. The minimum atomic E-state index is -0.183. The van der Waals surface area contributed by atoms with E-state index >= 15 is 0 Å². The Balaban J connectivity index is 1.10. The summed E-state index contributed by atoms with van der Waals surface area (Å²) in [7, 11) is 1.58. The quantitative estimate of drug-likeness (QED) is 0.250. The molecular formula is C32H33N3O4S. The number of piperidine rings is 1. The molecule has 4 aromatic rings. The van der Waals surface area contributed by atoms with E-state index in [1.54, 1.807) is 31.4 Å². The number of carbonyl (C=O) groups is 3. The minimum Gasteiger partial charge on any atom is -0.497 e. The van der Waals surface area contributed by atoms with E-state index in [0.29, 0.717) is 30.1 Å². The highest BCUT2D eigenvalue weighted by atomic mass is 32.1. The van der Waals surface area contributed by atoms with Crippen molar-refractivity contribution in [1.29, 1.82) is 0 Å². The van der Waals surface area contributed by atoms with Crippen LogP contribution in [0.25, 0.3) is 10.8 Å². The Morgan fingerprint density at radius 1 is 1.00 bits per heavy atom. The van der Waals surface area contributed by atoms with E-state index in [4.69, 9.17) is 4.74 Å². The number of Topliss-reactive ketones (excluding diaryl/α,β-unsaturated/α-hetero) is 1. The summed E-state index contributed by atoms with van der Waals surface area (Å²) in [6, 6.07) is 21.2. The molecule has 1 N–H and O–H groups in total. The summed E-state index contributed by atoms with van der Waals surface area (Å²) in [5.41, 5.74) is 2.07. The second-order valence-electron chi connectivity index (χ2n) is 10.2. The average molecular weight is 556 g/mol. The van der Waals surface area contributed by atoms with Crippen molar-refractivity contribution in [2.75, 3.05) is 20.2 Å². The zero-order valence-electron chi connectivity index (χ0n) is 22.8. The van der Waals surface area contributed by atoms with Gasteiger partial charge in [0.25, 0.3) is 5.91 Å². The van der Waals surface area contributed by atoms with E-state index in [2.05, 4.69) is 34.6 Å². The van der Waals surface area contributed by atoms with Crippen LogP contribution in [-0.4, -0.2) is 47.7 Å². The van der Waals surface area contributed by atoms with Gasteiger partial charge in [-0.3, -0.25) is 14.4 Å². The largest absolute Gasteiger partial charge is 0.497 e. The maximum Gasteiger partial charge on any atom is 0.271 e. The number of fused-ring (bicyclic) bond motifs is 1. The highest BCUT2D eigenvalue weighted by Gasteiger charge is 2.27. The number of ether oxygens (including phenoxy) is 1. The van der Waals surface area contributed by atoms with Gasteiger partial charge in [0.1, 0.15) is 11.4 Å². The number of rotatable bonds is 9. The first-order valence-electron chi connectivity index (χ1n) is 13.6. The molecule has 40 heavy (non-hydrogen) atoms. The van der Waals surface area contributed by atoms with Crippen molar-refractivity contribution in [2.45, 2.75) is 44.6 Å². The molecule has 0 aliphatic carbocycles.